The average Bonchev–Trinajstić information content (AvgIpc) is 2.96. The number of rotatable bonds is 2. The minimum absolute atomic E-state index is 0.0297. The SMILES string of the molecule is CO[C@H]1/C=C/C[C@H](C)[C@H](C(C)C)S(=O)(=O)NC(=O)c2ccc3c(c2)N(CCCCc2cc(Cl)ccc2CO3)C[C@@H]2CC[C@H]21. The van der Waals surface area contributed by atoms with Gasteiger partial charge in [0, 0.05) is 30.8 Å². The number of nitrogens with one attached hydrogen (secondary N) is 1. The molecule has 2 aromatic carbocycles. The van der Waals surface area contributed by atoms with Crippen molar-refractivity contribution in [3.05, 3.63) is 70.3 Å². The maximum Gasteiger partial charge on any atom is 0.264 e. The van der Waals surface area contributed by atoms with Crippen molar-refractivity contribution in [1.82, 2.24) is 4.72 Å². The minimum atomic E-state index is -3.95. The first-order valence-corrected chi connectivity index (χ1v) is 17.5. The van der Waals surface area contributed by atoms with Gasteiger partial charge in [-0.05, 0) is 104 Å². The smallest absolute Gasteiger partial charge is 0.264 e. The number of carbonyl (C=O) groups excluding carboxylic acids is 1. The number of fused-ring (bicyclic) bond motifs is 3. The highest BCUT2D eigenvalue weighted by atomic mass is 35.5. The number of carbonyl (C=O) groups is 1. The molecule has 1 amide bonds. The largest absolute Gasteiger partial charge is 0.487 e. The number of benzene rings is 2. The first kappa shape index (κ1) is 31.9. The number of sulfonamides is 1. The van der Waals surface area contributed by atoms with Crippen LogP contribution in [0.3, 0.4) is 0 Å². The van der Waals surface area contributed by atoms with E-state index < -0.39 is 21.2 Å². The molecular formula is C34H45ClN2O5S. The number of anilines is 1. The first-order chi connectivity index (χ1) is 20.6. The number of amides is 1. The second-order valence-corrected chi connectivity index (χ2v) is 15.1. The molecule has 1 saturated carbocycles. The Morgan fingerprint density at radius 2 is 1.91 bits per heavy atom. The van der Waals surface area contributed by atoms with Crippen molar-refractivity contribution in [3.63, 3.8) is 0 Å². The van der Waals surface area contributed by atoms with Gasteiger partial charge in [-0.15, -0.1) is 0 Å². The lowest BCUT2D eigenvalue weighted by molar-refractivity contribution is 0.0134. The van der Waals surface area contributed by atoms with Crippen LogP contribution >= 0.6 is 11.6 Å². The van der Waals surface area contributed by atoms with Gasteiger partial charge in [0.15, 0.2) is 0 Å². The zero-order valence-electron chi connectivity index (χ0n) is 25.7. The van der Waals surface area contributed by atoms with Gasteiger partial charge >= 0.3 is 0 Å². The molecule has 0 radical (unpaired) electrons. The van der Waals surface area contributed by atoms with Crippen molar-refractivity contribution in [2.45, 2.75) is 77.3 Å². The van der Waals surface area contributed by atoms with Gasteiger partial charge < -0.3 is 14.4 Å². The van der Waals surface area contributed by atoms with Crippen molar-refractivity contribution in [3.8, 4) is 5.75 Å². The molecule has 2 aliphatic heterocycles. The second-order valence-electron chi connectivity index (χ2n) is 12.8. The lowest BCUT2D eigenvalue weighted by Gasteiger charge is -2.43. The summed E-state index contributed by atoms with van der Waals surface area (Å²) in [5.41, 5.74) is 3.41. The summed E-state index contributed by atoms with van der Waals surface area (Å²) < 4.78 is 42.1. The third-order valence-electron chi connectivity index (χ3n) is 9.51. The highest BCUT2D eigenvalue weighted by Crippen LogP contribution is 2.42. The Bertz CT molecular complexity index is 1440. The number of aryl methyl sites for hydroxylation is 1. The molecule has 0 aromatic heterocycles. The molecule has 7 nitrogen and oxygen atoms in total. The van der Waals surface area contributed by atoms with E-state index in [1.54, 1.807) is 13.2 Å². The number of allylic oxidation sites excluding steroid dienone is 1. The van der Waals surface area contributed by atoms with Crippen LogP contribution in [-0.2, 0) is 27.8 Å². The topological polar surface area (TPSA) is 84.9 Å². The molecule has 2 heterocycles. The van der Waals surface area contributed by atoms with E-state index in [9.17, 15) is 13.2 Å². The van der Waals surface area contributed by atoms with E-state index in [-0.39, 0.29) is 17.9 Å². The Morgan fingerprint density at radius 3 is 2.63 bits per heavy atom. The van der Waals surface area contributed by atoms with Gasteiger partial charge in [-0.25, -0.2) is 13.1 Å². The number of hydrogen-bond acceptors (Lipinski definition) is 6. The molecule has 1 fully saturated rings. The van der Waals surface area contributed by atoms with Gasteiger partial charge in [0.1, 0.15) is 12.4 Å². The first-order valence-electron chi connectivity index (χ1n) is 15.6. The summed E-state index contributed by atoms with van der Waals surface area (Å²) in [5, 5.41) is -0.00251. The minimum Gasteiger partial charge on any atom is -0.487 e. The van der Waals surface area contributed by atoms with E-state index >= 15 is 0 Å². The van der Waals surface area contributed by atoms with Gasteiger partial charge in [0.25, 0.3) is 5.91 Å². The zero-order chi connectivity index (χ0) is 30.7. The summed E-state index contributed by atoms with van der Waals surface area (Å²) in [4.78, 5) is 15.9. The van der Waals surface area contributed by atoms with Gasteiger partial charge in [0.05, 0.1) is 17.0 Å². The van der Waals surface area contributed by atoms with Crippen molar-refractivity contribution in [2.24, 2.45) is 23.7 Å². The van der Waals surface area contributed by atoms with E-state index in [0.717, 1.165) is 61.5 Å². The van der Waals surface area contributed by atoms with Crippen molar-refractivity contribution in [2.75, 3.05) is 25.1 Å². The van der Waals surface area contributed by atoms with Crippen LogP contribution in [0.2, 0.25) is 5.02 Å². The van der Waals surface area contributed by atoms with Gasteiger partial charge in [-0.1, -0.05) is 50.6 Å². The van der Waals surface area contributed by atoms with Crippen LogP contribution in [0.25, 0.3) is 0 Å². The maximum atomic E-state index is 13.6. The monoisotopic (exact) mass is 628 g/mol. The Labute approximate surface area is 262 Å². The molecule has 234 valence electrons. The molecule has 2 bridgehead atoms. The van der Waals surface area contributed by atoms with Crippen molar-refractivity contribution in [1.29, 1.82) is 0 Å². The van der Waals surface area contributed by atoms with Crippen molar-refractivity contribution < 1.29 is 22.7 Å². The van der Waals surface area contributed by atoms with Crippen LogP contribution in [0, 0.1) is 23.7 Å². The molecule has 2 aromatic rings. The number of halogens is 1. The van der Waals surface area contributed by atoms with Crippen LogP contribution in [0.15, 0.2) is 48.6 Å². The number of hydrogen-bond donors (Lipinski definition) is 1. The lowest BCUT2D eigenvalue weighted by Crippen LogP contribution is -2.45. The van der Waals surface area contributed by atoms with Gasteiger partial charge in [0.2, 0.25) is 10.0 Å². The molecule has 1 N–H and O–H groups in total. The van der Waals surface area contributed by atoms with E-state index in [0.29, 0.717) is 36.2 Å². The Balaban J connectivity index is 1.56. The highest BCUT2D eigenvalue weighted by molar-refractivity contribution is 7.90. The summed E-state index contributed by atoms with van der Waals surface area (Å²) in [5.74, 6) is 0.508. The number of ether oxygens (including phenoxy) is 2. The summed E-state index contributed by atoms with van der Waals surface area (Å²) in [6.07, 6.45) is 9.79. The average molecular weight is 629 g/mol. The number of methoxy groups -OCH3 is 1. The summed E-state index contributed by atoms with van der Waals surface area (Å²) >= 11 is 6.33. The van der Waals surface area contributed by atoms with E-state index in [2.05, 4.69) is 21.8 Å². The number of nitrogens with zero attached hydrogens (tertiary/aromatic N) is 1. The van der Waals surface area contributed by atoms with E-state index in [1.165, 1.54) is 5.56 Å². The van der Waals surface area contributed by atoms with Crippen LogP contribution in [0.1, 0.15) is 74.4 Å². The summed E-state index contributed by atoms with van der Waals surface area (Å²) in [6.45, 7) is 7.71. The van der Waals surface area contributed by atoms with Crippen LogP contribution in [0.4, 0.5) is 5.69 Å². The maximum absolute atomic E-state index is 13.6. The van der Waals surface area contributed by atoms with Crippen molar-refractivity contribution >= 4 is 33.2 Å². The molecule has 9 heteroatoms. The molecule has 5 rings (SSSR count). The highest BCUT2D eigenvalue weighted by Gasteiger charge is 2.39. The molecule has 0 unspecified atom stereocenters. The third kappa shape index (κ3) is 7.23. The fourth-order valence-corrected chi connectivity index (χ4v) is 9.30. The lowest BCUT2D eigenvalue weighted by atomic mass is 9.70. The summed E-state index contributed by atoms with van der Waals surface area (Å²) in [6, 6.07) is 11.2. The van der Waals surface area contributed by atoms with E-state index in [4.69, 9.17) is 21.1 Å². The normalized spacial score (nSPS) is 28.7. The molecular weight excluding hydrogens is 584 g/mol. The second kappa shape index (κ2) is 13.6. The molecule has 3 aliphatic rings. The molecule has 0 saturated heterocycles. The molecule has 43 heavy (non-hydrogen) atoms. The van der Waals surface area contributed by atoms with E-state index in [1.807, 2.05) is 51.1 Å². The predicted molar refractivity (Wildman–Crippen MR) is 172 cm³/mol. The fraction of sp³-hybridized carbons (Fsp3) is 0.559. The van der Waals surface area contributed by atoms with Crippen LogP contribution in [0.5, 0.6) is 5.75 Å². The Morgan fingerprint density at radius 1 is 1.09 bits per heavy atom. The Hall–Kier alpha value is -2.55. The molecule has 1 aliphatic carbocycles. The molecule has 5 atom stereocenters. The predicted octanol–water partition coefficient (Wildman–Crippen LogP) is 6.78. The standard InChI is InChI=1S/C34H45ClN2O5S/c1-22(2)33-23(3)8-7-10-31(41-4)29-15-12-26(29)20-37-17-6-5-9-24-18-28(35)14-11-27(24)21-42-32-16-13-25(19-30(32)37)34(38)36-43(33,39)40/h7,10-11,13-14,16,18-19,22-23,26,29,31,33H,5-6,8-9,12,15,17,20-21H2,1-4H3,(H,36,38)/b10-7+/t23-,26-,29+,31-,33-/m0/s1. The third-order valence-corrected chi connectivity index (χ3v) is 11.9. The zero-order valence-corrected chi connectivity index (χ0v) is 27.3. The molecule has 0 spiro atoms. The fourth-order valence-electron chi connectivity index (χ4n) is 7.15. The van der Waals surface area contributed by atoms with Crippen LogP contribution in [-0.4, -0.2) is 45.9 Å². The van der Waals surface area contributed by atoms with Crippen LogP contribution < -0.4 is 14.4 Å². The van der Waals surface area contributed by atoms with Gasteiger partial charge in [-0.3, -0.25) is 4.79 Å². The Kier molecular flexibility index (Phi) is 10.1. The summed E-state index contributed by atoms with van der Waals surface area (Å²) in [7, 11) is -2.19. The quantitative estimate of drug-likeness (QED) is 0.369. The van der Waals surface area contributed by atoms with Gasteiger partial charge in [-0.2, -0.15) is 0 Å².